The van der Waals surface area contributed by atoms with E-state index in [-0.39, 0.29) is 111 Å². The van der Waals surface area contributed by atoms with E-state index >= 15 is 0 Å². The number of amides is 4. The molecule has 0 spiro atoms. The molecule has 0 saturated carbocycles. The number of methoxy groups -OCH3 is 1. The topological polar surface area (TPSA) is 349 Å². The minimum Gasteiger partial charge on any atom is -1.00 e. The van der Waals surface area contributed by atoms with E-state index < -0.39 is 57.7 Å². The summed E-state index contributed by atoms with van der Waals surface area (Å²) in [5.74, 6) is 5.49. The van der Waals surface area contributed by atoms with E-state index in [1.807, 2.05) is 37.5 Å². The van der Waals surface area contributed by atoms with Gasteiger partial charge in [0.1, 0.15) is 33.0 Å². The molecule has 2 aromatic heterocycles. The zero-order valence-electron chi connectivity index (χ0n) is 69.9. The number of benzene rings is 4. The summed E-state index contributed by atoms with van der Waals surface area (Å²) < 4.78 is 107. The predicted molar refractivity (Wildman–Crippen MR) is 458 cm³/mol. The average molecular weight is 1760 g/mol. The Bertz CT molecular complexity index is 4610. The summed E-state index contributed by atoms with van der Waals surface area (Å²) in [4.78, 5) is 66.9. The van der Waals surface area contributed by atoms with Crippen LogP contribution in [-0.4, -0.2) is 212 Å². The number of carbonyl (C=O) groups is 4. The Balaban J connectivity index is 0.000000227. The number of ether oxygens (including phenoxy) is 2. The van der Waals surface area contributed by atoms with E-state index in [9.17, 15) is 49.2 Å². The molecule has 9 saturated heterocycles. The van der Waals surface area contributed by atoms with Gasteiger partial charge >= 0.3 is 18.9 Å². The third-order valence-electron chi connectivity index (χ3n) is 23.2. The first-order valence-corrected chi connectivity index (χ1v) is 44.5. The minimum absolute atomic E-state index is 0. The van der Waals surface area contributed by atoms with Crippen molar-refractivity contribution in [3.63, 3.8) is 0 Å². The van der Waals surface area contributed by atoms with E-state index in [0.29, 0.717) is 77.1 Å². The molecule has 16 rings (SSSR count). The summed E-state index contributed by atoms with van der Waals surface area (Å²) in [6, 6.07) is 15.7. The molecule has 117 heavy (non-hydrogen) atoms. The number of fused-ring (bicyclic) bond motifs is 5. The molecule has 4 unspecified atom stereocenters. The number of aromatic nitrogens is 2. The number of aryl methyl sites for hydroxylation is 1. The van der Waals surface area contributed by atoms with Crippen molar-refractivity contribution in [2.45, 2.75) is 198 Å². The van der Waals surface area contributed by atoms with E-state index in [0.717, 1.165) is 148 Å². The maximum absolute atomic E-state index is 14.7. The van der Waals surface area contributed by atoms with Gasteiger partial charge in [0.2, 0.25) is 11.8 Å². The minimum atomic E-state index is -4.40. The molecule has 9 fully saturated rings. The van der Waals surface area contributed by atoms with Gasteiger partial charge in [0.05, 0.1) is 58.1 Å². The van der Waals surface area contributed by atoms with Crippen LogP contribution in [0.15, 0.2) is 99.7 Å². The Morgan fingerprint density at radius 3 is 1.65 bits per heavy atom. The molecule has 25 nitrogen and oxygen atoms in total. The van der Waals surface area contributed by atoms with E-state index in [4.69, 9.17) is 49.2 Å². The molecule has 4 aromatic carbocycles. The number of halogens is 5. The number of thiazole rings is 2. The van der Waals surface area contributed by atoms with Crippen molar-refractivity contribution in [3.05, 3.63) is 140 Å². The Hall–Kier alpha value is -5.50. The fourth-order valence-corrected chi connectivity index (χ4v) is 23.3. The number of nitrogens with two attached hydrogens (primary N) is 4. The SMILES string of the molecule is C1CCOC1.CC1(C)CC2(CN)CCCN2C1=O.CC1(C)CC2(CN3C(=O)c4ccccc4C3=O)CCCN2C1=O.CC1(C)CN2CCCC2(CN)C1.CC1(C)CN2CCCC2(CNc2cc(F)c(S(=O)(=O)Nc3nccs3)cc2Cl)C1.CCO.COc1ccc(CN(c2nccs2)S(=O)(=O)c2cc(Cl)c(F)cc2F)c(C)c1.NN.[AlH3].[H-].[Li+]. The second-order valence-corrected chi connectivity index (χ2v) is 40.1. The molecule has 0 radical (unpaired) electrons. The molecule has 10 aliphatic heterocycles. The molecule has 0 aliphatic carbocycles. The fourth-order valence-electron chi connectivity index (χ4n) is 18.6. The summed E-state index contributed by atoms with van der Waals surface area (Å²) in [7, 11) is -6.98. The van der Waals surface area contributed by atoms with Crippen LogP contribution in [0.4, 0.5) is 29.1 Å². The Morgan fingerprint density at radius 1 is 0.650 bits per heavy atom. The molecule has 6 aromatic rings. The number of imide groups is 1. The van der Waals surface area contributed by atoms with Gasteiger partial charge in [0.25, 0.3) is 31.9 Å². The van der Waals surface area contributed by atoms with Crippen LogP contribution >= 0.6 is 45.9 Å². The van der Waals surface area contributed by atoms with Crippen molar-refractivity contribution in [3.8, 4) is 5.75 Å². The van der Waals surface area contributed by atoms with Gasteiger partial charge in [-0.15, -0.1) is 22.7 Å². The Kier molecular flexibility index (Phi) is 34.3. The second kappa shape index (κ2) is 40.7. The Morgan fingerprint density at radius 2 is 1.15 bits per heavy atom. The normalized spacial score (nSPS) is 23.7. The number of rotatable bonds is 16. The molecule has 10 aliphatic rings. The summed E-state index contributed by atoms with van der Waals surface area (Å²) in [6.07, 6.45) is 18.4. The number of hydrazine groups is 1. The van der Waals surface area contributed by atoms with Crippen LogP contribution in [0.2, 0.25) is 10.0 Å². The van der Waals surface area contributed by atoms with Gasteiger partial charge in [-0.05, 0) is 181 Å². The van der Waals surface area contributed by atoms with Gasteiger partial charge in [-0.3, -0.25) is 50.3 Å². The van der Waals surface area contributed by atoms with Gasteiger partial charge in [0, 0.05) is 117 Å². The summed E-state index contributed by atoms with van der Waals surface area (Å²) >= 11 is 14.2. The van der Waals surface area contributed by atoms with Crippen LogP contribution in [-0.2, 0) is 40.9 Å². The zero-order chi connectivity index (χ0) is 84.5. The molecule has 4 amide bonds. The van der Waals surface area contributed by atoms with Crippen molar-refractivity contribution in [2.75, 3.05) is 107 Å². The van der Waals surface area contributed by atoms with Gasteiger partial charge in [-0.25, -0.2) is 44.3 Å². The molecule has 4 atom stereocenters. The van der Waals surface area contributed by atoms with Crippen LogP contribution in [0.1, 0.15) is 185 Å². The third kappa shape index (κ3) is 22.3. The van der Waals surface area contributed by atoms with E-state index in [2.05, 4.69) is 69.2 Å². The van der Waals surface area contributed by atoms with Crippen molar-refractivity contribution < 1.29 is 84.1 Å². The molecular formula is C81H119AlCl2F3LiN14O11S4. The number of sulfonamides is 2. The summed E-state index contributed by atoms with van der Waals surface area (Å²) in [5, 5.41) is 14.1. The monoisotopic (exact) mass is 1750 g/mol. The zero-order valence-corrected chi connectivity index (χ0v) is 73.7. The van der Waals surface area contributed by atoms with Gasteiger partial charge in [0.15, 0.2) is 27.6 Å². The Labute approximate surface area is 730 Å². The number of nitrogens with one attached hydrogen (secondary N) is 2. The van der Waals surface area contributed by atoms with Crippen LogP contribution in [0, 0.1) is 46.0 Å². The fraction of sp³-hybridized carbons (Fsp3) is 0.580. The molecular weight excluding hydrogens is 1640 g/mol. The quantitative estimate of drug-likeness (QED) is 0.0156. The van der Waals surface area contributed by atoms with Gasteiger partial charge in [-0.2, -0.15) is 0 Å². The molecule has 36 heteroatoms. The molecule has 12 heterocycles. The second-order valence-electron chi connectivity index (χ2n) is 34.0. The summed E-state index contributed by atoms with van der Waals surface area (Å²) in [5.41, 5.74) is 14.7. The van der Waals surface area contributed by atoms with Crippen molar-refractivity contribution in [1.82, 2.24) is 34.5 Å². The van der Waals surface area contributed by atoms with Crippen LogP contribution in [0.25, 0.3) is 0 Å². The number of anilines is 3. The summed E-state index contributed by atoms with van der Waals surface area (Å²) in [6.45, 7) is 31.6. The average Bonchev–Trinajstić information content (AvgIpc) is 1.56. The standard InChI is InChI=1S/C19H24ClFN4O2S2.C18H15ClF2N2O3S2.C18H20N2O3.C10H18N2O.C10H20N2.C4H8O.C2H6O.Al.Li.H4N2.4H/c1-18(2)10-19(4-3-6-25(19)12-18)11-23-15-9-14(21)16(8-13(15)20)29(26,27)24-17-22-5-7-28-17;1-11-7-13(26-2)4-3-12(11)10-23(18-22-5-6-27-18)28(24,25)17-8-14(19)15(20)9-16(17)21;1-17(2)10-18(8-5-9-20(18)16(17)23)11-19-14(21)12-6-3-4-7-13(12)15(19)22;1-9(2)6-10(7-11)4-3-5-12(10)8(9)13;1-9(2)6-10(7-11)4-3-5-12(10)8-9;1-2-4-5-3-1;1-2-3;;;1-2;;;;/h5,7-9,23H,3-4,6,10-12H2,1-2H3,(H,22,24);3-9H,10H2,1-2H3;3-4,6-7H,5,8-11H2,1-2H3;3-7,11H2,1-2H3;3-8,11H2,1-2H3;1-4H2;3H,2H2,1H3;;;1-2H2;;;;/q;;;;;;;;+1;;;;;-1. The number of nitrogens with zero attached hydrogens (tertiary/aromatic N) is 8. The molecule has 642 valence electrons. The van der Waals surface area contributed by atoms with Crippen molar-refractivity contribution in [2.24, 2.45) is 44.8 Å². The van der Waals surface area contributed by atoms with Crippen molar-refractivity contribution in [1.29, 1.82) is 0 Å². The van der Waals surface area contributed by atoms with Crippen molar-refractivity contribution >= 4 is 123 Å². The van der Waals surface area contributed by atoms with Gasteiger partial charge in [-0.1, -0.05) is 96.8 Å². The first-order valence-electron chi connectivity index (χ1n) is 39.1. The maximum atomic E-state index is 14.7. The van der Waals surface area contributed by atoms with E-state index in [1.165, 1.54) is 69.6 Å². The number of aliphatic hydroxyl groups is 1. The molecule has 0 bridgehead atoms. The molecule has 11 N–H and O–H groups in total. The third-order valence-corrected chi connectivity index (χ3v) is 28.7. The first-order chi connectivity index (χ1) is 54.2. The number of aliphatic hydroxyl groups excluding tert-OH is 1. The smallest absolute Gasteiger partial charge is 1.00 e. The van der Waals surface area contributed by atoms with E-state index in [1.54, 1.807) is 67.1 Å². The number of hydrogen-bond acceptors (Lipinski definition) is 22. The van der Waals surface area contributed by atoms with Crippen LogP contribution in [0.3, 0.4) is 0 Å². The number of hydrogen-bond donors (Lipinski definition) is 7. The first kappa shape index (κ1) is 98.6. The van der Waals surface area contributed by atoms with Crippen LogP contribution < -0.4 is 61.1 Å². The number of carbonyl (C=O) groups excluding carboxylic acids is 4. The predicted octanol–water partition coefficient (Wildman–Crippen LogP) is 8.77. The van der Waals surface area contributed by atoms with Gasteiger partial charge < -0.3 is 42.6 Å². The van der Waals surface area contributed by atoms with Crippen LogP contribution in [0.5, 0.6) is 5.75 Å². The maximum Gasteiger partial charge on any atom is 1.00 e. The largest absolute Gasteiger partial charge is 1.00 e.